The van der Waals surface area contributed by atoms with Crippen molar-refractivity contribution in [1.29, 1.82) is 0 Å². The summed E-state index contributed by atoms with van der Waals surface area (Å²) in [6.07, 6.45) is 9.60. The number of hydrogen-bond donors (Lipinski definition) is 3. The van der Waals surface area contributed by atoms with Gasteiger partial charge < -0.3 is 15.5 Å². The normalized spacial score (nSPS) is 43.7. The van der Waals surface area contributed by atoms with Gasteiger partial charge in [-0.15, -0.1) is 11.3 Å². The van der Waals surface area contributed by atoms with Gasteiger partial charge in [-0.25, -0.2) is 0 Å². The first-order valence-electron chi connectivity index (χ1n) is 14.5. The molecule has 4 nitrogen and oxygen atoms in total. The summed E-state index contributed by atoms with van der Waals surface area (Å²) in [5, 5.41) is 25.1. The van der Waals surface area contributed by atoms with Crippen LogP contribution in [0.4, 0.5) is 0 Å². The number of fused-ring (bicyclic) bond motifs is 5. The van der Waals surface area contributed by atoms with Crippen LogP contribution in [-0.2, 0) is 4.79 Å². The summed E-state index contributed by atoms with van der Waals surface area (Å²) >= 11 is 5.25. The smallest absolute Gasteiger partial charge is 0.220 e. The van der Waals surface area contributed by atoms with Crippen LogP contribution in [0.5, 0.6) is 0 Å². The SMILES string of the molecule is CC[C@@H](NC(=O)C[C@@H](C)[C@H]1CC[C@H]2[C@@H]3[C@H](O)C[C@@H]4C[C@H](O)CC[C@]4(C)[C@H]3CC[C@]12C)c1ccc(Br)s1. The highest BCUT2D eigenvalue weighted by atomic mass is 79.9. The number of carbonyl (C=O) groups is 1. The summed E-state index contributed by atoms with van der Waals surface area (Å²) in [6.45, 7) is 9.40. The molecule has 4 aliphatic rings. The van der Waals surface area contributed by atoms with E-state index in [4.69, 9.17) is 0 Å². The van der Waals surface area contributed by atoms with Gasteiger partial charge >= 0.3 is 0 Å². The van der Waals surface area contributed by atoms with Gasteiger partial charge in [0.25, 0.3) is 0 Å². The Bertz CT molecular complexity index is 952. The number of aliphatic hydroxyl groups excluding tert-OH is 2. The highest BCUT2D eigenvalue weighted by Gasteiger charge is 2.62. The van der Waals surface area contributed by atoms with E-state index in [1.54, 1.807) is 11.3 Å². The van der Waals surface area contributed by atoms with Crippen molar-refractivity contribution >= 4 is 33.2 Å². The van der Waals surface area contributed by atoms with E-state index in [-0.39, 0.29) is 35.0 Å². The van der Waals surface area contributed by atoms with Crippen LogP contribution in [0.3, 0.4) is 0 Å². The molecule has 4 fully saturated rings. The molecule has 1 amide bonds. The lowest BCUT2D eigenvalue weighted by Gasteiger charge is -2.62. The van der Waals surface area contributed by atoms with Gasteiger partial charge in [-0.05, 0) is 132 Å². The molecule has 3 N–H and O–H groups in total. The molecule has 4 aliphatic carbocycles. The van der Waals surface area contributed by atoms with E-state index in [1.807, 2.05) is 0 Å². The fraction of sp³-hybridized carbons (Fsp3) is 0.833. The number of hydrogen-bond acceptors (Lipinski definition) is 4. The van der Waals surface area contributed by atoms with Crippen LogP contribution in [0.2, 0.25) is 0 Å². The van der Waals surface area contributed by atoms with Gasteiger partial charge in [0.1, 0.15) is 0 Å². The molecule has 0 unspecified atom stereocenters. The third-order valence-corrected chi connectivity index (χ3v) is 13.3. The summed E-state index contributed by atoms with van der Waals surface area (Å²) in [6, 6.07) is 4.26. The molecule has 0 bridgehead atoms. The molecule has 1 heterocycles. The lowest BCUT2D eigenvalue weighted by Crippen LogP contribution is -2.58. The molecule has 0 aliphatic heterocycles. The van der Waals surface area contributed by atoms with Gasteiger partial charge in [-0.1, -0.05) is 27.7 Å². The van der Waals surface area contributed by atoms with E-state index in [1.165, 1.54) is 30.6 Å². The van der Waals surface area contributed by atoms with Crippen molar-refractivity contribution < 1.29 is 15.0 Å². The van der Waals surface area contributed by atoms with E-state index in [0.29, 0.717) is 41.9 Å². The number of carbonyl (C=O) groups excluding carboxylic acids is 1. The van der Waals surface area contributed by atoms with Crippen LogP contribution in [-0.4, -0.2) is 28.3 Å². The van der Waals surface area contributed by atoms with Gasteiger partial charge in [-0.2, -0.15) is 0 Å². The number of rotatable bonds is 6. The quantitative estimate of drug-likeness (QED) is 0.336. The molecule has 4 saturated carbocycles. The Morgan fingerprint density at radius 1 is 1.11 bits per heavy atom. The minimum Gasteiger partial charge on any atom is -0.393 e. The molecule has 36 heavy (non-hydrogen) atoms. The molecule has 0 aromatic carbocycles. The second-order valence-corrected chi connectivity index (χ2v) is 15.8. The average molecular weight is 581 g/mol. The predicted molar refractivity (Wildman–Crippen MR) is 150 cm³/mol. The molecule has 0 spiro atoms. The fourth-order valence-electron chi connectivity index (χ4n) is 9.75. The molecule has 1 aromatic heterocycles. The van der Waals surface area contributed by atoms with Crippen LogP contribution in [0.25, 0.3) is 0 Å². The molecule has 5 rings (SSSR count). The van der Waals surface area contributed by atoms with Gasteiger partial charge in [0.15, 0.2) is 0 Å². The summed E-state index contributed by atoms with van der Waals surface area (Å²) in [5.41, 5.74) is 0.474. The zero-order valence-corrected chi connectivity index (χ0v) is 24.9. The predicted octanol–water partition coefficient (Wildman–Crippen LogP) is 7.09. The van der Waals surface area contributed by atoms with Crippen molar-refractivity contribution in [3.8, 4) is 0 Å². The first-order valence-corrected chi connectivity index (χ1v) is 16.1. The highest BCUT2D eigenvalue weighted by molar-refractivity contribution is 9.11. The average Bonchev–Trinajstić information content (AvgIpc) is 3.41. The maximum Gasteiger partial charge on any atom is 0.220 e. The van der Waals surface area contributed by atoms with Crippen LogP contribution in [0.1, 0.15) is 103 Å². The maximum absolute atomic E-state index is 13.2. The number of halogens is 1. The van der Waals surface area contributed by atoms with Gasteiger partial charge in [0.2, 0.25) is 5.91 Å². The number of nitrogens with one attached hydrogen (secondary N) is 1. The van der Waals surface area contributed by atoms with Crippen molar-refractivity contribution in [3.05, 3.63) is 20.8 Å². The Balaban J connectivity index is 1.27. The summed E-state index contributed by atoms with van der Waals surface area (Å²) in [5.74, 6) is 3.02. The largest absolute Gasteiger partial charge is 0.393 e. The van der Waals surface area contributed by atoms with Gasteiger partial charge in [0.05, 0.1) is 22.0 Å². The Morgan fingerprint density at radius 3 is 2.53 bits per heavy atom. The van der Waals surface area contributed by atoms with Crippen LogP contribution in [0.15, 0.2) is 15.9 Å². The van der Waals surface area contributed by atoms with E-state index >= 15 is 0 Å². The lowest BCUT2D eigenvalue weighted by molar-refractivity contribution is -0.174. The zero-order valence-electron chi connectivity index (χ0n) is 22.5. The Labute approximate surface area is 230 Å². The van der Waals surface area contributed by atoms with Crippen LogP contribution < -0.4 is 5.32 Å². The first-order chi connectivity index (χ1) is 17.1. The molecule has 0 radical (unpaired) electrons. The Hall–Kier alpha value is -0.430. The third-order valence-electron chi connectivity index (χ3n) is 11.6. The molecule has 1 aromatic rings. The second kappa shape index (κ2) is 10.3. The number of amides is 1. The van der Waals surface area contributed by atoms with Crippen molar-refractivity contribution in [2.45, 2.75) is 110 Å². The summed E-state index contributed by atoms with van der Waals surface area (Å²) < 4.78 is 1.11. The molecule has 11 atom stereocenters. The fourth-order valence-corrected chi connectivity index (χ4v) is 11.3. The van der Waals surface area contributed by atoms with Crippen molar-refractivity contribution in [1.82, 2.24) is 5.32 Å². The lowest BCUT2D eigenvalue weighted by atomic mass is 9.43. The number of thiophene rings is 1. The summed E-state index contributed by atoms with van der Waals surface area (Å²) in [7, 11) is 0. The first kappa shape index (κ1) is 27.1. The van der Waals surface area contributed by atoms with Crippen LogP contribution >= 0.6 is 27.3 Å². The van der Waals surface area contributed by atoms with E-state index in [0.717, 1.165) is 35.9 Å². The second-order valence-electron chi connectivity index (χ2n) is 13.3. The van der Waals surface area contributed by atoms with Gasteiger partial charge in [-0.3, -0.25) is 4.79 Å². The van der Waals surface area contributed by atoms with E-state index in [2.05, 4.69) is 61.1 Å². The standard InChI is InChI=1S/C30H46BrNO3S/c1-5-23(25-8-9-26(31)36-25)32-27(35)14-17(2)20-6-7-21-28-22(11-13-30(20,21)4)29(3)12-10-19(33)15-18(29)16-24(28)34/h8-9,17-24,28,33-34H,5-7,10-16H2,1-4H3,(H,32,35)/t17-,18+,19-,20-,21+,22+,23-,24-,28+,29+,30-/m1/s1. The highest BCUT2D eigenvalue weighted by Crippen LogP contribution is 2.68. The molecule has 202 valence electrons. The molecule has 6 heteroatoms. The van der Waals surface area contributed by atoms with E-state index < -0.39 is 0 Å². The van der Waals surface area contributed by atoms with Crippen molar-refractivity contribution in [2.24, 2.45) is 46.3 Å². The zero-order chi connectivity index (χ0) is 25.8. The maximum atomic E-state index is 13.2. The molecular formula is C30H46BrNO3S. The minimum absolute atomic E-state index is 0.0865. The monoisotopic (exact) mass is 579 g/mol. The van der Waals surface area contributed by atoms with Crippen molar-refractivity contribution in [2.75, 3.05) is 0 Å². The minimum atomic E-state index is -0.240. The topological polar surface area (TPSA) is 69.6 Å². The van der Waals surface area contributed by atoms with E-state index in [9.17, 15) is 15.0 Å². The Morgan fingerprint density at radius 2 is 1.83 bits per heavy atom. The Kier molecular flexibility index (Phi) is 7.75. The van der Waals surface area contributed by atoms with Crippen LogP contribution in [0, 0.1) is 46.3 Å². The summed E-state index contributed by atoms with van der Waals surface area (Å²) in [4.78, 5) is 14.4. The number of aliphatic hydroxyl groups is 2. The molecular weight excluding hydrogens is 534 g/mol. The van der Waals surface area contributed by atoms with Crippen molar-refractivity contribution in [3.63, 3.8) is 0 Å². The third kappa shape index (κ3) is 4.64. The molecule has 0 saturated heterocycles. The van der Waals surface area contributed by atoms with Gasteiger partial charge in [0, 0.05) is 11.3 Å².